The van der Waals surface area contributed by atoms with Gasteiger partial charge in [0.05, 0.1) is 0 Å². The lowest BCUT2D eigenvalue weighted by atomic mass is 9.91. The highest BCUT2D eigenvalue weighted by Gasteiger charge is 2.46. The van der Waals surface area contributed by atoms with Crippen LogP contribution in [0.4, 0.5) is 8.78 Å². The Kier molecular flexibility index (Phi) is 3.24. The van der Waals surface area contributed by atoms with Crippen molar-refractivity contribution in [2.75, 3.05) is 20.1 Å². The summed E-state index contributed by atoms with van der Waals surface area (Å²) >= 11 is 4.84. The van der Waals surface area contributed by atoms with Crippen LogP contribution < -0.4 is 0 Å². The van der Waals surface area contributed by atoms with Crippen LogP contribution >= 0.6 is 11.6 Å². The van der Waals surface area contributed by atoms with Crippen molar-refractivity contribution in [3.05, 3.63) is 0 Å². The van der Waals surface area contributed by atoms with Gasteiger partial charge in [0.2, 0.25) is 0 Å². The van der Waals surface area contributed by atoms with Gasteiger partial charge in [0.1, 0.15) is 0 Å². The van der Waals surface area contributed by atoms with Crippen LogP contribution in [0.2, 0.25) is 0 Å². The molecule has 0 amide bonds. The molecule has 1 aliphatic rings. The Labute approximate surface area is 80.8 Å². The maximum absolute atomic E-state index is 13.1. The van der Waals surface area contributed by atoms with E-state index in [1.54, 1.807) is 0 Å². The van der Waals surface area contributed by atoms with E-state index < -0.39 is 17.1 Å². The molecule has 5 heteroatoms. The van der Waals surface area contributed by atoms with E-state index in [1.807, 2.05) is 11.9 Å². The van der Waals surface area contributed by atoms with Crippen molar-refractivity contribution in [2.24, 2.45) is 5.92 Å². The first-order valence-corrected chi connectivity index (χ1v) is 4.58. The zero-order valence-corrected chi connectivity index (χ0v) is 8.15. The van der Waals surface area contributed by atoms with E-state index >= 15 is 0 Å². The standard InChI is InChI=1S/C8H12ClF2NO/c1-12-4-2-6(3-5-12)8(10,11)7(9)13/h6H,2-5H2,1H3. The van der Waals surface area contributed by atoms with E-state index in [9.17, 15) is 13.6 Å². The summed E-state index contributed by atoms with van der Waals surface area (Å²) in [5.74, 6) is -4.23. The number of rotatable bonds is 2. The van der Waals surface area contributed by atoms with E-state index in [2.05, 4.69) is 0 Å². The number of likely N-dealkylation sites (tertiary alicyclic amines) is 1. The number of hydrogen-bond donors (Lipinski definition) is 0. The second kappa shape index (κ2) is 3.88. The number of alkyl halides is 2. The Bertz CT molecular complexity index is 202. The van der Waals surface area contributed by atoms with Gasteiger partial charge in [0.25, 0.3) is 5.24 Å². The topological polar surface area (TPSA) is 20.3 Å². The lowest BCUT2D eigenvalue weighted by molar-refractivity contribution is -0.145. The zero-order chi connectivity index (χ0) is 10.1. The lowest BCUT2D eigenvalue weighted by Crippen LogP contribution is -2.42. The molecule has 1 fully saturated rings. The van der Waals surface area contributed by atoms with E-state index in [0.29, 0.717) is 25.9 Å². The Morgan fingerprint density at radius 1 is 1.46 bits per heavy atom. The molecule has 0 spiro atoms. The molecule has 0 aromatic rings. The normalized spacial score (nSPS) is 21.8. The fourth-order valence-corrected chi connectivity index (χ4v) is 1.69. The number of halogens is 3. The van der Waals surface area contributed by atoms with Gasteiger partial charge in [-0.1, -0.05) is 0 Å². The molecule has 1 heterocycles. The number of hydrogen-bond acceptors (Lipinski definition) is 2. The van der Waals surface area contributed by atoms with Gasteiger partial charge in [-0.05, 0) is 44.6 Å². The van der Waals surface area contributed by atoms with Gasteiger partial charge in [-0.25, -0.2) is 0 Å². The van der Waals surface area contributed by atoms with Crippen molar-refractivity contribution >= 4 is 16.8 Å². The van der Waals surface area contributed by atoms with Gasteiger partial charge in [-0.3, -0.25) is 4.79 Å². The molecule has 0 aromatic heterocycles. The van der Waals surface area contributed by atoms with Crippen LogP contribution in [0.15, 0.2) is 0 Å². The predicted octanol–water partition coefficient (Wildman–Crippen LogP) is 1.73. The maximum atomic E-state index is 13.1. The third-order valence-electron chi connectivity index (χ3n) is 2.49. The summed E-state index contributed by atoms with van der Waals surface area (Å²) in [5, 5.41) is -1.53. The highest BCUT2D eigenvalue weighted by atomic mass is 35.5. The zero-order valence-electron chi connectivity index (χ0n) is 7.40. The number of carbonyl (C=O) groups is 1. The summed E-state index contributed by atoms with van der Waals surface area (Å²) < 4.78 is 26.1. The molecule has 0 aliphatic carbocycles. The van der Waals surface area contributed by atoms with Crippen molar-refractivity contribution in [3.63, 3.8) is 0 Å². The number of nitrogens with zero attached hydrogens (tertiary/aromatic N) is 1. The first-order chi connectivity index (χ1) is 5.94. The predicted molar refractivity (Wildman–Crippen MR) is 46.0 cm³/mol. The van der Waals surface area contributed by atoms with Gasteiger partial charge in [0, 0.05) is 5.92 Å². The molecule has 1 rings (SSSR count). The SMILES string of the molecule is CN1CCC(C(F)(F)C(=O)Cl)CC1. The molecule has 0 bridgehead atoms. The van der Waals surface area contributed by atoms with Gasteiger partial charge in [-0.2, -0.15) is 8.78 Å². The van der Waals surface area contributed by atoms with Crippen LogP contribution in [-0.4, -0.2) is 36.2 Å². The lowest BCUT2D eigenvalue weighted by Gasteiger charge is -2.32. The highest BCUT2D eigenvalue weighted by molar-refractivity contribution is 6.65. The Morgan fingerprint density at radius 2 is 1.92 bits per heavy atom. The molecule has 1 saturated heterocycles. The van der Waals surface area contributed by atoms with Gasteiger partial charge in [-0.15, -0.1) is 0 Å². The van der Waals surface area contributed by atoms with Crippen molar-refractivity contribution in [1.29, 1.82) is 0 Å². The summed E-state index contributed by atoms with van der Waals surface area (Å²) in [6, 6.07) is 0. The Balaban J connectivity index is 2.58. The van der Waals surface area contributed by atoms with Crippen molar-refractivity contribution < 1.29 is 13.6 Å². The maximum Gasteiger partial charge on any atom is 0.322 e. The Hall–Kier alpha value is -0.220. The molecule has 0 aromatic carbocycles. The fraction of sp³-hybridized carbons (Fsp3) is 0.875. The smallest absolute Gasteiger partial charge is 0.306 e. The number of carbonyl (C=O) groups excluding carboxylic acids is 1. The second-order valence-corrected chi connectivity index (χ2v) is 3.82. The fourth-order valence-electron chi connectivity index (χ4n) is 1.53. The minimum atomic E-state index is -3.34. The Morgan fingerprint density at radius 3 is 2.31 bits per heavy atom. The average molecular weight is 212 g/mol. The molecule has 0 unspecified atom stereocenters. The summed E-state index contributed by atoms with van der Waals surface area (Å²) in [6.07, 6.45) is 0.671. The first kappa shape index (κ1) is 10.9. The molecule has 0 radical (unpaired) electrons. The molecule has 1 aliphatic heterocycles. The summed E-state index contributed by atoms with van der Waals surface area (Å²) in [7, 11) is 1.87. The molecule has 76 valence electrons. The van der Waals surface area contributed by atoms with Crippen molar-refractivity contribution in [3.8, 4) is 0 Å². The van der Waals surface area contributed by atoms with Crippen LogP contribution in [0.3, 0.4) is 0 Å². The molecule has 13 heavy (non-hydrogen) atoms. The average Bonchev–Trinajstić information content (AvgIpc) is 2.04. The monoisotopic (exact) mass is 211 g/mol. The molecule has 2 nitrogen and oxygen atoms in total. The van der Waals surface area contributed by atoms with Gasteiger partial charge < -0.3 is 4.90 Å². The third-order valence-corrected chi connectivity index (χ3v) is 2.75. The quantitative estimate of drug-likeness (QED) is 0.649. The van der Waals surface area contributed by atoms with Crippen LogP contribution in [0.5, 0.6) is 0 Å². The van der Waals surface area contributed by atoms with Crippen molar-refractivity contribution in [1.82, 2.24) is 4.90 Å². The second-order valence-electron chi connectivity index (χ2n) is 3.47. The van der Waals surface area contributed by atoms with Crippen LogP contribution in [-0.2, 0) is 4.79 Å². The molecular weight excluding hydrogens is 200 g/mol. The van der Waals surface area contributed by atoms with E-state index in [4.69, 9.17) is 11.6 Å². The summed E-state index contributed by atoms with van der Waals surface area (Å²) in [5.41, 5.74) is 0. The molecule has 0 saturated carbocycles. The largest absolute Gasteiger partial charge is 0.322 e. The third kappa shape index (κ3) is 2.38. The van der Waals surface area contributed by atoms with Crippen LogP contribution in [0.25, 0.3) is 0 Å². The van der Waals surface area contributed by atoms with Crippen molar-refractivity contribution in [2.45, 2.75) is 18.8 Å². The minimum Gasteiger partial charge on any atom is -0.306 e. The van der Waals surface area contributed by atoms with Gasteiger partial charge >= 0.3 is 5.92 Å². The van der Waals surface area contributed by atoms with Gasteiger partial charge in [0.15, 0.2) is 0 Å². The molecule has 0 N–H and O–H groups in total. The van der Waals surface area contributed by atoms with E-state index in [-0.39, 0.29) is 0 Å². The first-order valence-electron chi connectivity index (χ1n) is 4.21. The van der Waals surface area contributed by atoms with Crippen LogP contribution in [0, 0.1) is 5.92 Å². The summed E-state index contributed by atoms with van der Waals surface area (Å²) in [4.78, 5) is 12.4. The minimum absolute atomic E-state index is 0.335. The molecule has 0 atom stereocenters. The van der Waals surface area contributed by atoms with Crippen LogP contribution in [0.1, 0.15) is 12.8 Å². The number of piperidine rings is 1. The molecular formula is C8H12ClF2NO. The highest BCUT2D eigenvalue weighted by Crippen LogP contribution is 2.34. The summed E-state index contributed by atoms with van der Waals surface area (Å²) in [6.45, 7) is 1.20. The van der Waals surface area contributed by atoms with E-state index in [0.717, 1.165) is 0 Å². The van der Waals surface area contributed by atoms with E-state index in [1.165, 1.54) is 0 Å².